The van der Waals surface area contributed by atoms with Crippen molar-refractivity contribution in [1.82, 2.24) is 24.8 Å². The third-order valence-corrected chi connectivity index (χ3v) is 7.92. The lowest BCUT2D eigenvalue weighted by Gasteiger charge is -2.40. The molecule has 1 saturated heterocycles. The second-order valence-corrected chi connectivity index (χ2v) is 11.6. The molecule has 1 fully saturated rings. The van der Waals surface area contributed by atoms with E-state index >= 15 is 4.39 Å². The number of piperazine rings is 1. The normalized spacial score (nSPS) is 16.1. The van der Waals surface area contributed by atoms with Crippen LogP contribution in [0.1, 0.15) is 34.6 Å². The number of pyridine rings is 1. The Morgan fingerprint density at radius 3 is 2.49 bits per heavy atom. The molecular formula is C31H38ClFN8O2. The number of anilines is 2. The van der Waals surface area contributed by atoms with Crippen LogP contribution in [0.15, 0.2) is 47.4 Å². The number of nitrogens with zero attached hydrogens (tertiary/aromatic N) is 5. The minimum Gasteiger partial charge on any atom is -0.398 e. The lowest BCUT2D eigenvalue weighted by Crippen LogP contribution is -2.54. The van der Waals surface area contributed by atoms with Crippen LogP contribution in [-0.4, -0.2) is 63.8 Å². The molecule has 4 rings (SSSR count). The lowest BCUT2D eigenvalue weighted by atomic mass is 9.98. The van der Waals surface area contributed by atoms with E-state index in [0.717, 1.165) is 0 Å². The summed E-state index contributed by atoms with van der Waals surface area (Å²) in [6.45, 7) is 14.3. The average molecular weight is 609 g/mol. The second-order valence-electron chi connectivity index (χ2n) is 11.2. The molecule has 2 aromatic heterocycles. The van der Waals surface area contributed by atoms with Crippen LogP contribution in [0.25, 0.3) is 28.0 Å². The van der Waals surface area contributed by atoms with E-state index in [-0.39, 0.29) is 57.1 Å². The summed E-state index contributed by atoms with van der Waals surface area (Å²) in [5.74, 6) is -0.791. The van der Waals surface area contributed by atoms with Crippen LogP contribution in [0.2, 0.25) is 5.02 Å². The number of nitrogens with one attached hydrogen (secondary N) is 2. The Kier molecular flexibility index (Phi) is 9.24. The summed E-state index contributed by atoms with van der Waals surface area (Å²) in [6.07, 6.45) is 1.28. The Balaban J connectivity index is 2.12. The molecular weight excluding hydrogens is 571 g/mol. The highest BCUT2D eigenvalue weighted by molar-refractivity contribution is 6.34. The maximum Gasteiger partial charge on any atom is 0.355 e. The van der Waals surface area contributed by atoms with E-state index in [1.54, 1.807) is 24.1 Å². The van der Waals surface area contributed by atoms with E-state index in [1.165, 1.54) is 22.8 Å². The summed E-state index contributed by atoms with van der Waals surface area (Å²) < 4.78 is 16.5. The van der Waals surface area contributed by atoms with Gasteiger partial charge in [-0.25, -0.2) is 18.7 Å². The number of amides is 1. The first-order chi connectivity index (χ1) is 20.3. The van der Waals surface area contributed by atoms with E-state index in [0.29, 0.717) is 42.2 Å². The quantitative estimate of drug-likeness (QED) is 0.190. The molecule has 1 amide bonds. The van der Waals surface area contributed by atoms with E-state index in [4.69, 9.17) is 27.7 Å². The van der Waals surface area contributed by atoms with Gasteiger partial charge < -0.3 is 26.3 Å². The maximum atomic E-state index is 15.2. The van der Waals surface area contributed by atoms with Gasteiger partial charge in [0.15, 0.2) is 5.65 Å². The first-order valence-electron chi connectivity index (χ1n) is 14.2. The molecule has 228 valence electrons. The molecule has 1 unspecified atom stereocenters. The summed E-state index contributed by atoms with van der Waals surface area (Å²) in [6, 6.07) is 5.71. The Morgan fingerprint density at radius 2 is 1.93 bits per heavy atom. The highest BCUT2D eigenvalue weighted by Crippen LogP contribution is 2.38. The maximum absolute atomic E-state index is 15.2. The number of hydrogen-bond donors (Lipinski definition) is 3. The zero-order valence-corrected chi connectivity index (χ0v) is 26.1. The number of rotatable bonds is 8. The molecule has 4 N–H and O–H groups in total. The summed E-state index contributed by atoms with van der Waals surface area (Å²) in [4.78, 5) is 39.4. The Hall–Kier alpha value is -4.25. The summed E-state index contributed by atoms with van der Waals surface area (Å²) in [7, 11) is 1.74. The third-order valence-electron chi connectivity index (χ3n) is 7.63. The van der Waals surface area contributed by atoms with Gasteiger partial charge in [0.25, 0.3) is 0 Å². The first-order valence-corrected chi connectivity index (χ1v) is 14.6. The predicted molar refractivity (Wildman–Crippen MR) is 172 cm³/mol. The second kappa shape index (κ2) is 12.5. The van der Waals surface area contributed by atoms with Gasteiger partial charge in [-0.2, -0.15) is 4.98 Å². The molecule has 3 aromatic rings. The SMILES string of the molecule is C=CC(=O)N1CCN(c2nc(=O)n(/C(C(=N)C(C)C)=C(/NC)C(C)C)c3nc(-c4c(N)cccc4F)c(Cl)cc23)C(C)C1. The van der Waals surface area contributed by atoms with Crippen molar-refractivity contribution in [3.8, 4) is 11.3 Å². The van der Waals surface area contributed by atoms with Crippen LogP contribution in [0.5, 0.6) is 0 Å². The predicted octanol–water partition coefficient (Wildman–Crippen LogP) is 4.78. The highest BCUT2D eigenvalue weighted by atomic mass is 35.5. The van der Waals surface area contributed by atoms with E-state index in [2.05, 4.69) is 16.9 Å². The van der Waals surface area contributed by atoms with Gasteiger partial charge in [0.05, 0.1) is 33.1 Å². The number of halogens is 2. The van der Waals surface area contributed by atoms with Crippen LogP contribution in [0.4, 0.5) is 15.9 Å². The van der Waals surface area contributed by atoms with Crippen molar-refractivity contribution < 1.29 is 9.18 Å². The molecule has 1 aliphatic rings. The van der Waals surface area contributed by atoms with Crippen LogP contribution in [0, 0.1) is 23.1 Å². The van der Waals surface area contributed by atoms with Gasteiger partial charge in [-0.3, -0.25) is 4.79 Å². The van der Waals surface area contributed by atoms with Gasteiger partial charge in [-0.05, 0) is 43.0 Å². The van der Waals surface area contributed by atoms with E-state index in [1.807, 2.05) is 39.5 Å². The first kappa shape index (κ1) is 31.7. The number of carbonyl (C=O) groups is 1. The highest BCUT2D eigenvalue weighted by Gasteiger charge is 2.31. The molecule has 0 bridgehead atoms. The van der Waals surface area contributed by atoms with Crippen LogP contribution in [0.3, 0.4) is 0 Å². The average Bonchev–Trinajstić information content (AvgIpc) is 2.95. The van der Waals surface area contributed by atoms with Gasteiger partial charge in [0.1, 0.15) is 11.6 Å². The zero-order chi connectivity index (χ0) is 31.7. The molecule has 0 spiro atoms. The fourth-order valence-corrected chi connectivity index (χ4v) is 5.68. The molecule has 12 heteroatoms. The van der Waals surface area contributed by atoms with Crippen LogP contribution in [-0.2, 0) is 4.79 Å². The van der Waals surface area contributed by atoms with Crippen LogP contribution < -0.4 is 21.6 Å². The molecule has 10 nitrogen and oxygen atoms in total. The largest absolute Gasteiger partial charge is 0.398 e. The number of allylic oxidation sites excluding steroid dienone is 2. The van der Waals surface area contributed by atoms with Crippen molar-refractivity contribution in [2.75, 3.05) is 37.3 Å². The van der Waals surface area contributed by atoms with Gasteiger partial charge in [0, 0.05) is 44.1 Å². The molecule has 1 aliphatic heterocycles. The van der Waals surface area contributed by atoms with Crippen molar-refractivity contribution in [3.63, 3.8) is 0 Å². The minimum absolute atomic E-state index is 0.0128. The molecule has 1 atom stereocenters. The van der Waals surface area contributed by atoms with Gasteiger partial charge in [0.2, 0.25) is 5.91 Å². The number of benzene rings is 1. The van der Waals surface area contributed by atoms with Gasteiger partial charge in [-0.1, -0.05) is 51.9 Å². The van der Waals surface area contributed by atoms with E-state index < -0.39 is 11.5 Å². The number of carbonyl (C=O) groups excluding carboxylic acids is 1. The Bertz CT molecular complexity index is 1680. The number of hydrogen-bond acceptors (Lipinski definition) is 8. The molecule has 0 saturated carbocycles. The molecule has 3 heterocycles. The van der Waals surface area contributed by atoms with Crippen LogP contribution >= 0.6 is 11.6 Å². The molecule has 1 aromatic carbocycles. The molecule has 0 aliphatic carbocycles. The number of fused-ring (bicyclic) bond motifs is 1. The Labute approximate surface area is 255 Å². The fraction of sp³-hybridized carbons (Fsp3) is 0.387. The van der Waals surface area contributed by atoms with Gasteiger partial charge >= 0.3 is 5.69 Å². The summed E-state index contributed by atoms with van der Waals surface area (Å²) in [5, 5.41) is 12.8. The number of nitrogens with two attached hydrogens (primary N) is 1. The smallest absolute Gasteiger partial charge is 0.355 e. The number of aromatic nitrogens is 3. The fourth-order valence-electron chi connectivity index (χ4n) is 5.43. The van der Waals surface area contributed by atoms with Gasteiger partial charge in [-0.15, -0.1) is 0 Å². The Morgan fingerprint density at radius 1 is 1.23 bits per heavy atom. The molecule has 0 radical (unpaired) electrons. The molecule has 43 heavy (non-hydrogen) atoms. The van der Waals surface area contributed by atoms with Crippen molar-refractivity contribution >= 4 is 51.5 Å². The van der Waals surface area contributed by atoms with Crippen molar-refractivity contribution in [3.05, 3.63) is 63.9 Å². The summed E-state index contributed by atoms with van der Waals surface area (Å²) in [5.41, 5.74) is 7.06. The monoisotopic (exact) mass is 608 g/mol. The van der Waals surface area contributed by atoms with Crippen molar-refractivity contribution in [2.24, 2.45) is 11.8 Å². The van der Waals surface area contributed by atoms with E-state index in [9.17, 15) is 9.59 Å². The minimum atomic E-state index is -0.657. The lowest BCUT2D eigenvalue weighted by molar-refractivity contribution is -0.126. The topological polar surface area (TPSA) is 133 Å². The van der Waals surface area contributed by atoms with Crippen molar-refractivity contribution in [2.45, 2.75) is 40.7 Å². The zero-order valence-electron chi connectivity index (χ0n) is 25.3. The number of nitrogen functional groups attached to an aromatic ring is 1. The van der Waals surface area contributed by atoms with Crippen molar-refractivity contribution in [1.29, 1.82) is 5.41 Å². The standard InChI is InChI=1S/C31H38ClFN8O2/c1-8-23(42)39-12-13-40(18(6)15-39)29-19-14-20(32)27(24-21(33)10-9-11-22(24)34)37-30(19)41(31(43)38-29)28(25(35)16(2)3)26(36-7)17(4)5/h8-11,14,16-18,35-36H,1,12-13,15,34H2,2-7H3/b28-26+,35-25?. The third kappa shape index (κ3) is 5.86. The summed E-state index contributed by atoms with van der Waals surface area (Å²) >= 11 is 6.79.